The van der Waals surface area contributed by atoms with Crippen molar-refractivity contribution in [2.45, 2.75) is 38.3 Å². The van der Waals surface area contributed by atoms with E-state index in [4.69, 9.17) is 4.74 Å². The van der Waals surface area contributed by atoms with E-state index in [9.17, 15) is 4.79 Å². The van der Waals surface area contributed by atoms with Crippen LogP contribution in [0.4, 0.5) is 0 Å². The van der Waals surface area contributed by atoms with Crippen LogP contribution in [0.3, 0.4) is 0 Å². The monoisotopic (exact) mass is 274 g/mol. The van der Waals surface area contributed by atoms with Gasteiger partial charge in [-0.1, -0.05) is 18.2 Å². The van der Waals surface area contributed by atoms with Crippen LogP contribution in [-0.4, -0.2) is 30.6 Å². The number of ether oxygens (including phenoxy) is 1. The first kappa shape index (κ1) is 13.4. The average molecular weight is 274 g/mol. The second-order valence-corrected chi connectivity index (χ2v) is 6.46. The Bertz CT molecular complexity index is 488. The molecule has 1 amide bonds. The van der Waals surface area contributed by atoms with Crippen molar-refractivity contribution in [2.24, 2.45) is 5.92 Å². The maximum atomic E-state index is 12.2. The third kappa shape index (κ3) is 2.80. The van der Waals surface area contributed by atoms with Crippen LogP contribution in [0.1, 0.15) is 25.8 Å². The molecule has 2 atom stereocenters. The van der Waals surface area contributed by atoms with Gasteiger partial charge in [0.1, 0.15) is 11.9 Å². The highest BCUT2D eigenvalue weighted by atomic mass is 16.5. The summed E-state index contributed by atoms with van der Waals surface area (Å²) in [4.78, 5) is 12.2. The van der Waals surface area contributed by atoms with Gasteiger partial charge < -0.3 is 15.4 Å². The van der Waals surface area contributed by atoms with Gasteiger partial charge in [0.2, 0.25) is 5.91 Å². The topological polar surface area (TPSA) is 50.4 Å². The predicted octanol–water partition coefficient (Wildman–Crippen LogP) is 1.49. The van der Waals surface area contributed by atoms with Gasteiger partial charge in [-0.2, -0.15) is 0 Å². The minimum Gasteiger partial charge on any atom is -0.488 e. The van der Waals surface area contributed by atoms with Crippen molar-refractivity contribution in [3.63, 3.8) is 0 Å². The molecule has 0 spiro atoms. The number of fused-ring (bicyclic) bond motifs is 1. The molecule has 2 aliphatic rings. The number of amides is 1. The van der Waals surface area contributed by atoms with E-state index in [2.05, 4.69) is 30.5 Å². The number of benzene rings is 1. The van der Waals surface area contributed by atoms with Crippen molar-refractivity contribution in [2.75, 3.05) is 13.1 Å². The zero-order valence-corrected chi connectivity index (χ0v) is 12.1. The normalized spacial score (nSPS) is 26.9. The Balaban J connectivity index is 1.48. The highest BCUT2D eigenvalue weighted by Crippen LogP contribution is 2.28. The van der Waals surface area contributed by atoms with Crippen LogP contribution in [0, 0.1) is 5.92 Å². The quantitative estimate of drug-likeness (QED) is 0.878. The van der Waals surface area contributed by atoms with Gasteiger partial charge in [0.05, 0.1) is 12.5 Å². The van der Waals surface area contributed by atoms with E-state index in [1.165, 1.54) is 5.56 Å². The van der Waals surface area contributed by atoms with Crippen LogP contribution in [0.15, 0.2) is 24.3 Å². The Morgan fingerprint density at radius 3 is 2.95 bits per heavy atom. The standard InChI is InChI=1S/C16H22N2O2/c1-16(2)8-12(9-18-16)15(19)17-10-13-7-11-5-3-4-6-14(11)20-13/h3-6,12-13,18H,7-10H2,1-2H3,(H,17,19). The van der Waals surface area contributed by atoms with E-state index in [1.807, 2.05) is 18.2 Å². The third-order valence-corrected chi connectivity index (χ3v) is 4.17. The largest absolute Gasteiger partial charge is 0.488 e. The summed E-state index contributed by atoms with van der Waals surface area (Å²) in [6, 6.07) is 8.07. The van der Waals surface area contributed by atoms with E-state index in [0.29, 0.717) is 6.54 Å². The Morgan fingerprint density at radius 2 is 2.25 bits per heavy atom. The fourth-order valence-corrected chi connectivity index (χ4v) is 3.07. The molecule has 1 aromatic rings. The Hall–Kier alpha value is -1.55. The van der Waals surface area contributed by atoms with E-state index in [-0.39, 0.29) is 23.5 Å². The maximum Gasteiger partial charge on any atom is 0.224 e. The van der Waals surface area contributed by atoms with E-state index in [1.54, 1.807) is 0 Å². The molecular weight excluding hydrogens is 252 g/mol. The lowest BCUT2D eigenvalue weighted by Gasteiger charge is -2.17. The number of carbonyl (C=O) groups excluding carboxylic acids is 1. The molecule has 0 bridgehead atoms. The maximum absolute atomic E-state index is 12.2. The molecule has 1 saturated heterocycles. The molecule has 20 heavy (non-hydrogen) atoms. The van der Waals surface area contributed by atoms with Crippen molar-refractivity contribution < 1.29 is 9.53 Å². The van der Waals surface area contributed by atoms with Crippen LogP contribution < -0.4 is 15.4 Å². The fraction of sp³-hybridized carbons (Fsp3) is 0.562. The molecule has 1 aromatic carbocycles. The van der Waals surface area contributed by atoms with Crippen molar-refractivity contribution >= 4 is 5.91 Å². The molecule has 2 heterocycles. The lowest BCUT2D eigenvalue weighted by Crippen LogP contribution is -2.38. The van der Waals surface area contributed by atoms with Gasteiger partial charge >= 0.3 is 0 Å². The van der Waals surface area contributed by atoms with Crippen LogP contribution in [0.2, 0.25) is 0 Å². The number of hydrogen-bond acceptors (Lipinski definition) is 3. The molecule has 0 radical (unpaired) electrons. The fourth-order valence-electron chi connectivity index (χ4n) is 3.07. The second kappa shape index (κ2) is 5.09. The number of para-hydroxylation sites is 1. The molecular formula is C16H22N2O2. The van der Waals surface area contributed by atoms with E-state index < -0.39 is 0 Å². The van der Waals surface area contributed by atoms with Gasteiger partial charge in [0, 0.05) is 18.5 Å². The molecule has 2 aliphatic heterocycles. The second-order valence-electron chi connectivity index (χ2n) is 6.46. The van der Waals surface area contributed by atoms with E-state index >= 15 is 0 Å². The highest BCUT2D eigenvalue weighted by molar-refractivity contribution is 5.79. The summed E-state index contributed by atoms with van der Waals surface area (Å²) in [6.07, 6.45) is 1.84. The third-order valence-electron chi connectivity index (χ3n) is 4.17. The minimum atomic E-state index is 0.0683. The van der Waals surface area contributed by atoms with Crippen LogP contribution in [0.5, 0.6) is 5.75 Å². The summed E-state index contributed by atoms with van der Waals surface area (Å²) < 4.78 is 5.83. The van der Waals surface area contributed by atoms with Crippen LogP contribution in [0.25, 0.3) is 0 Å². The van der Waals surface area contributed by atoms with Gasteiger partial charge in [0.25, 0.3) is 0 Å². The van der Waals surface area contributed by atoms with E-state index in [0.717, 1.165) is 25.1 Å². The molecule has 108 valence electrons. The minimum absolute atomic E-state index is 0.0683. The van der Waals surface area contributed by atoms with Gasteiger partial charge in [-0.25, -0.2) is 0 Å². The van der Waals surface area contributed by atoms with Gasteiger partial charge in [-0.3, -0.25) is 4.79 Å². The first-order valence-corrected chi connectivity index (χ1v) is 7.31. The SMILES string of the molecule is CC1(C)CC(C(=O)NCC2Cc3ccccc3O2)CN1. The average Bonchev–Trinajstić information content (AvgIpc) is 2.98. The lowest BCUT2D eigenvalue weighted by atomic mass is 9.96. The molecule has 4 heteroatoms. The predicted molar refractivity (Wildman–Crippen MR) is 77.8 cm³/mol. The summed E-state index contributed by atoms with van der Waals surface area (Å²) in [5, 5.41) is 6.41. The van der Waals surface area contributed by atoms with Crippen molar-refractivity contribution in [1.29, 1.82) is 0 Å². The van der Waals surface area contributed by atoms with Crippen molar-refractivity contribution in [1.82, 2.24) is 10.6 Å². The van der Waals surface area contributed by atoms with Crippen LogP contribution >= 0.6 is 0 Å². The van der Waals surface area contributed by atoms with Gasteiger partial charge in [0.15, 0.2) is 0 Å². The highest BCUT2D eigenvalue weighted by Gasteiger charge is 2.34. The Morgan fingerprint density at radius 1 is 1.45 bits per heavy atom. The zero-order chi connectivity index (χ0) is 14.2. The Kier molecular flexibility index (Phi) is 3.42. The van der Waals surface area contributed by atoms with Crippen molar-refractivity contribution in [3.8, 4) is 5.75 Å². The zero-order valence-electron chi connectivity index (χ0n) is 12.1. The van der Waals surface area contributed by atoms with Crippen LogP contribution in [-0.2, 0) is 11.2 Å². The summed E-state index contributed by atoms with van der Waals surface area (Å²) in [7, 11) is 0. The smallest absolute Gasteiger partial charge is 0.224 e. The number of hydrogen-bond donors (Lipinski definition) is 2. The molecule has 0 saturated carbocycles. The van der Waals surface area contributed by atoms with Crippen molar-refractivity contribution in [3.05, 3.63) is 29.8 Å². The summed E-state index contributed by atoms with van der Waals surface area (Å²) in [5.41, 5.74) is 1.30. The number of carbonyl (C=O) groups is 1. The van der Waals surface area contributed by atoms with Gasteiger partial charge in [-0.05, 0) is 31.9 Å². The number of nitrogens with one attached hydrogen (secondary N) is 2. The molecule has 3 rings (SSSR count). The summed E-state index contributed by atoms with van der Waals surface area (Å²) in [5.74, 6) is 1.17. The molecule has 0 aliphatic carbocycles. The molecule has 0 aromatic heterocycles. The number of rotatable bonds is 3. The summed E-state index contributed by atoms with van der Waals surface area (Å²) >= 11 is 0. The molecule has 1 fully saturated rings. The molecule has 4 nitrogen and oxygen atoms in total. The molecule has 2 N–H and O–H groups in total. The lowest BCUT2D eigenvalue weighted by molar-refractivity contribution is -0.124. The van der Waals surface area contributed by atoms with Gasteiger partial charge in [-0.15, -0.1) is 0 Å². The summed E-state index contributed by atoms with van der Waals surface area (Å²) in [6.45, 7) is 5.63. The first-order chi connectivity index (χ1) is 9.53. The molecule has 2 unspecified atom stereocenters. The Labute approximate surface area is 119 Å². The first-order valence-electron chi connectivity index (χ1n) is 7.31.